The highest BCUT2D eigenvalue weighted by Gasteiger charge is 2.34. The summed E-state index contributed by atoms with van der Waals surface area (Å²) in [6.45, 7) is 1.72. The highest BCUT2D eigenvalue weighted by Crippen LogP contribution is 2.43. The van der Waals surface area contributed by atoms with Gasteiger partial charge in [0.2, 0.25) is 0 Å². The number of nitrogens with zero attached hydrogens (tertiary/aromatic N) is 1. The highest BCUT2D eigenvalue weighted by atomic mass is 32.2. The van der Waals surface area contributed by atoms with E-state index in [-0.39, 0.29) is 28.4 Å². The van der Waals surface area contributed by atoms with Crippen LogP contribution in [0.3, 0.4) is 0 Å². The quantitative estimate of drug-likeness (QED) is 0.272. The monoisotopic (exact) mass is 504 g/mol. The summed E-state index contributed by atoms with van der Waals surface area (Å²) in [6, 6.07) is 15.5. The van der Waals surface area contributed by atoms with E-state index < -0.39 is 21.6 Å². The Bertz CT molecular complexity index is 1750. The van der Waals surface area contributed by atoms with Crippen molar-refractivity contribution in [1.82, 2.24) is 4.57 Å². The Labute approximate surface area is 205 Å². The van der Waals surface area contributed by atoms with Gasteiger partial charge in [-0.2, -0.15) is 8.42 Å². The van der Waals surface area contributed by atoms with Gasteiger partial charge in [-0.05, 0) is 48.9 Å². The maximum Gasteiger partial charge on any atom is 0.344 e. The van der Waals surface area contributed by atoms with Crippen LogP contribution in [0.1, 0.15) is 33.2 Å². The van der Waals surface area contributed by atoms with E-state index in [1.807, 2.05) is 0 Å². The molecular formula is C26H20N2O7S. The number of carbonyl (C=O) groups excluding carboxylic acids is 2. The van der Waals surface area contributed by atoms with Crippen LogP contribution >= 0.6 is 0 Å². The molecular weight excluding hydrogens is 484 g/mol. The number of ether oxygens (including phenoxy) is 1. The molecule has 2 N–H and O–H groups in total. The number of carbonyl (C=O) groups is 2. The zero-order valence-electron chi connectivity index (χ0n) is 19.2. The molecule has 182 valence electrons. The molecule has 0 amide bonds. The molecule has 0 saturated heterocycles. The molecule has 1 aromatic heterocycles. The Morgan fingerprint density at radius 1 is 0.972 bits per heavy atom. The van der Waals surface area contributed by atoms with Crippen molar-refractivity contribution in [2.24, 2.45) is 7.05 Å². The van der Waals surface area contributed by atoms with Crippen LogP contribution in [0.4, 0.5) is 11.4 Å². The summed E-state index contributed by atoms with van der Waals surface area (Å²) in [5, 5.41) is 3.56. The number of aromatic nitrogens is 1. The molecule has 10 heteroatoms. The number of fused-ring (bicyclic) bond motifs is 2. The zero-order chi connectivity index (χ0) is 25.8. The Morgan fingerprint density at radius 3 is 2.28 bits per heavy atom. The third kappa shape index (κ3) is 3.58. The highest BCUT2D eigenvalue weighted by molar-refractivity contribution is 7.85. The molecule has 0 atom stereocenters. The summed E-state index contributed by atoms with van der Waals surface area (Å²) in [5.74, 6) is -1.07. The summed E-state index contributed by atoms with van der Waals surface area (Å²) in [7, 11) is -2.83. The van der Waals surface area contributed by atoms with Crippen molar-refractivity contribution in [1.29, 1.82) is 0 Å². The van der Waals surface area contributed by atoms with E-state index in [4.69, 9.17) is 4.74 Å². The van der Waals surface area contributed by atoms with Crippen molar-refractivity contribution in [3.8, 4) is 11.1 Å². The zero-order valence-corrected chi connectivity index (χ0v) is 20.0. The lowest BCUT2D eigenvalue weighted by molar-refractivity contribution is 0.0524. The molecule has 3 aromatic carbocycles. The minimum absolute atomic E-state index is 0.0774. The lowest BCUT2D eigenvalue weighted by Crippen LogP contribution is -2.29. The number of hydrogen-bond donors (Lipinski definition) is 2. The molecule has 1 aliphatic carbocycles. The van der Waals surface area contributed by atoms with Crippen molar-refractivity contribution in [3.05, 3.63) is 87.7 Å². The first-order chi connectivity index (χ1) is 17.1. The van der Waals surface area contributed by atoms with Crippen LogP contribution in [-0.2, 0) is 21.9 Å². The number of esters is 1. The van der Waals surface area contributed by atoms with Gasteiger partial charge >= 0.3 is 5.97 Å². The molecule has 9 nitrogen and oxygen atoms in total. The molecule has 0 radical (unpaired) electrons. The fourth-order valence-corrected chi connectivity index (χ4v) is 5.01. The van der Waals surface area contributed by atoms with E-state index in [9.17, 15) is 27.4 Å². The molecule has 0 fully saturated rings. The number of anilines is 2. The molecule has 1 aliphatic rings. The summed E-state index contributed by atoms with van der Waals surface area (Å²) in [4.78, 5) is 39.7. The first kappa shape index (κ1) is 23.5. The fourth-order valence-electron chi connectivity index (χ4n) is 4.53. The van der Waals surface area contributed by atoms with Gasteiger partial charge in [-0.15, -0.1) is 0 Å². The van der Waals surface area contributed by atoms with Crippen molar-refractivity contribution in [3.63, 3.8) is 0 Å². The van der Waals surface area contributed by atoms with Crippen LogP contribution in [0.15, 0.2) is 70.4 Å². The van der Waals surface area contributed by atoms with Gasteiger partial charge in [0.1, 0.15) is 5.56 Å². The average Bonchev–Trinajstić information content (AvgIpc) is 2.85. The minimum Gasteiger partial charge on any atom is -0.462 e. The topological polar surface area (TPSA) is 132 Å². The van der Waals surface area contributed by atoms with Gasteiger partial charge in [0, 0.05) is 29.2 Å². The standard InChI is InChI=1S/C26H20N2O7S/c1-3-35-26(31)23-20-16-6-4-5-7-17(16)24(29)21-18(12-13-19(22(20)21)28(2)25(23)30)27-14-8-10-15(11-9-14)36(32,33)34/h4-13,27H,3H2,1-2H3,(H,32,33,34). The first-order valence-corrected chi connectivity index (χ1v) is 12.4. The number of pyridine rings is 1. The fraction of sp³-hybridized carbons (Fsp3) is 0.115. The summed E-state index contributed by atoms with van der Waals surface area (Å²) < 4.78 is 38.5. The van der Waals surface area contributed by atoms with Gasteiger partial charge in [-0.3, -0.25) is 14.1 Å². The molecule has 5 rings (SSSR count). The smallest absolute Gasteiger partial charge is 0.344 e. The van der Waals surface area contributed by atoms with Crippen LogP contribution in [0.2, 0.25) is 0 Å². The van der Waals surface area contributed by atoms with Crippen LogP contribution in [0.25, 0.3) is 22.0 Å². The maximum atomic E-state index is 13.7. The Morgan fingerprint density at radius 2 is 1.64 bits per heavy atom. The van der Waals surface area contributed by atoms with Crippen molar-refractivity contribution >= 4 is 44.1 Å². The number of ketones is 1. The number of aryl methyl sites for hydroxylation is 1. The van der Waals surface area contributed by atoms with E-state index in [1.165, 1.54) is 35.9 Å². The minimum atomic E-state index is -4.36. The normalized spacial score (nSPS) is 12.4. The summed E-state index contributed by atoms with van der Waals surface area (Å²) in [5.41, 5.74) is 2.04. The lowest BCUT2D eigenvalue weighted by atomic mass is 9.81. The molecule has 36 heavy (non-hydrogen) atoms. The van der Waals surface area contributed by atoms with Crippen LogP contribution in [0, 0.1) is 0 Å². The van der Waals surface area contributed by atoms with Gasteiger partial charge in [-0.1, -0.05) is 24.3 Å². The second-order valence-corrected chi connectivity index (χ2v) is 9.64. The molecule has 1 heterocycles. The Kier molecular flexibility index (Phi) is 5.50. The summed E-state index contributed by atoms with van der Waals surface area (Å²) in [6.07, 6.45) is 0. The third-order valence-corrected chi connectivity index (χ3v) is 7.01. The number of benzene rings is 3. The number of hydrogen-bond acceptors (Lipinski definition) is 7. The Hall–Kier alpha value is -4.28. The molecule has 0 spiro atoms. The first-order valence-electron chi connectivity index (χ1n) is 11.0. The maximum absolute atomic E-state index is 13.7. The van der Waals surface area contributed by atoms with E-state index in [2.05, 4.69) is 5.32 Å². The molecule has 0 saturated carbocycles. The lowest BCUT2D eigenvalue weighted by Gasteiger charge is -2.25. The summed E-state index contributed by atoms with van der Waals surface area (Å²) >= 11 is 0. The van der Waals surface area contributed by atoms with Crippen molar-refractivity contribution < 1.29 is 27.3 Å². The van der Waals surface area contributed by atoms with E-state index in [0.717, 1.165) is 0 Å². The molecule has 0 bridgehead atoms. The van der Waals surface area contributed by atoms with E-state index >= 15 is 0 Å². The molecule has 0 aliphatic heterocycles. The van der Waals surface area contributed by atoms with Gasteiger partial charge in [0.15, 0.2) is 5.78 Å². The van der Waals surface area contributed by atoms with Gasteiger partial charge in [0.25, 0.3) is 15.7 Å². The predicted octanol–water partition coefficient (Wildman–Crippen LogP) is 3.92. The SMILES string of the molecule is CCOC(=O)c1c2c3c(c(Nc4ccc(S(=O)(=O)O)cc4)ccc3n(C)c1=O)C(=O)c1ccccc1-2. The van der Waals surface area contributed by atoms with Gasteiger partial charge in [0.05, 0.1) is 28.3 Å². The van der Waals surface area contributed by atoms with Gasteiger partial charge in [-0.25, -0.2) is 4.79 Å². The predicted molar refractivity (Wildman–Crippen MR) is 134 cm³/mol. The van der Waals surface area contributed by atoms with Crippen molar-refractivity contribution in [2.75, 3.05) is 11.9 Å². The van der Waals surface area contributed by atoms with E-state index in [0.29, 0.717) is 39.0 Å². The Balaban J connectivity index is 1.82. The average molecular weight is 505 g/mol. The largest absolute Gasteiger partial charge is 0.462 e. The van der Waals surface area contributed by atoms with Crippen molar-refractivity contribution in [2.45, 2.75) is 11.8 Å². The third-order valence-electron chi connectivity index (χ3n) is 6.14. The van der Waals surface area contributed by atoms with Crippen LogP contribution in [0.5, 0.6) is 0 Å². The molecule has 0 unspecified atom stereocenters. The van der Waals surface area contributed by atoms with Crippen LogP contribution < -0.4 is 10.9 Å². The second-order valence-electron chi connectivity index (χ2n) is 8.22. The number of nitrogens with one attached hydrogen (secondary N) is 1. The second kappa shape index (κ2) is 8.43. The van der Waals surface area contributed by atoms with Crippen LogP contribution in [-0.4, -0.2) is 35.9 Å². The van der Waals surface area contributed by atoms with E-state index in [1.54, 1.807) is 43.3 Å². The van der Waals surface area contributed by atoms with Gasteiger partial charge < -0.3 is 14.6 Å². The number of rotatable bonds is 5. The molecule has 4 aromatic rings.